The number of rotatable bonds is 10. The summed E-state index contributed by atoms with van der Waals surface area (Å²) in [6, 6.07) is 5.37. The van der Waals surface area contributed by atoms with Gasteiger partial charge in [-0.05, 0) is 24.3 Å². The van der Waals surface area contributed by atoms with Gasteiger partial charge in [-0.25, -0.2) is 4.79 Å². The highest BCUT2D eigenvalue weighted by Crippen LogP contribution is 2.19. The molecule has 0 saturated carbocycles. The van der Waals surface area contributed by atoms with Gasteiger partial charge in [0.1, 0.15) is 18.1 Å². The van der Waals surface area contributed by atoms with Crippen molar-refractivity contribution in [2.45, 2.75) is 57.3 Å². The predicted octanol–water partition coefficient (Wildman–Crippen LogP) is 0.187. The number of hydrogen-bond donors (Lipinski definition) is 5. The van der Waals surface area contributed by atoms with E-state index in [1.807, 2.05) is 6.07 Å². The van der Waals surface area contributed by atoms with Gasteiger partial charge in [0, 0.05) is 18.7 Å². The lowest BCUT2D eigenvalue weighted by Gasteiger charge is -2.29. The van der Waals surface area contributed by atoms with Crippen molar-refractivity contribution in [1.29, 1.82) is 0 Å². The Morgan fingerprint density at radius 3 is 2.41 bits per heavy atom. The van der Waals surface area contributed by atoms with Gasteiger partial charge in [0.15, 0.2) is 0 Å². The summed E-state index contributed by atoms with van der Waals surface area (Å²) in [6.45, 7) is 3.92. The van der Waals surface area contributed by atoms with Crippen molar-refractivity contribution in [3.8, 4) is 0 Å². The molecule has 0 spiro atoms. The lowest BCUT2D eigenvalue weighted by molar-refractivity contribution is -0.143. The van der Waals surface area contributed by atoms with Gasteiger partial charge >= 0.3 is 5.97 Å². The molecule has 0 aromatic heterocycles. The van der Waals surface area contributed by atoms with E-state index in [-0.39, 0.29) is 24.0 Å². The van der Waals surface area contributed by atoms with Crippen LogP contribution < -0.4 is 16.4 Å². The highest BCUT2D eigenvalue weighted by atomic mass is 32.1. The SMILES string of the molecule is CC(C)C(NC(=O)C1CCCN1C(=O)C(N)CS)C(=O)NC(Cc1ccccc1)C(=O)O. The molecular formula is C22H32N4O5S. The Labute approximate surface area is 193 Å². The first-order valence-corrected chi connectivity index (χ1v) is 11.3. The number of hydrogen-bond acceptors (Lipinski definition) is 6. The second-order valence-electron chi connectivity index (χ2n) is 8.30. The quantitative estimate of drug-likeness (QED) is 0.313. The van der Waals surface area contributed by atoms with E-state index in [2.05, 4.69) is 23.3 Å². The number of carbonyl (C=O) groups excluding carboxylic acids is 3. The minimum absolute atomic E-state index is 0.118. The number of nitrogens with zero attached hydrogens (tertiary/aromatic N) is 1. The molecule has 4 atom stereocenters. The van der Waals surface area contributed by atoms with Crippen LogP contribution in [0.25, 0.3) is 0 Å². The number of nitrogens with two attached hydrogens (primary N) is 1. The standard InChI is InChI=1S/C22H32N4O5S/c1-13(2)18(20(28)24-16(22(30)31)11-14-7-4-3-5-8-14)25-19(27)17-9-6-10-26(17)21(29)15(23)12-32/h3-5,7-8,13,15-18,32H,6,9-12,23H2,1-2H3,(H,24,28)(H,25,27)(H,30,31). The summed E-state index contributed by atoms with van der Waals surface area (Å²) in [5.74, 6) is -2.68. The molecule has 3 amide bonds. The van der Waals surface area contributed by atoms with Crippen LogP contribution in [0.3, 0.4) is 0 Å². The molecule has 10 heteroatoms. The summed E-state index contributed by atoms with van der Waals surface area (Å²) >= 11 is 4.05. The molecule has 1 aliphatic heterocycles. The molecule has 9 nitrogen and oxygen atoms in total. The topological polar surface area (TPSA) is 142 Å². The maximum Gasteiger partial charge on any atom is 0.326 e. The summed E-state index contributed by atoms with van der Waals surface area (Å²) in [5.41, 5.74) is 6.55. The van der Waals surface area contributed by atoms with E-state index in [9.17, 15) is 24.3 Å². The second kappa shape index (κ2) is 11.9. The highest BCUT2D eigenvalue weighted by molar-refractivity contribution is 7.80. The maximum atomic E-state index is 12.9. The summed E-state index contributed by atoms with van der Waals surface area (Å²) in [7, 11) is 0. The normalized spacial score (nSPS) is 18.7. The van der Waals surface area contributed by atoms with E-state index in [0.29, 0.717) is 19.4 Å². The van der Waals surface area contributed by atoms with Crippen LogP contribution in [0.2, 0.25) is 0 Å². The third kappa shape index (κ3) is 6.70. The number of benzene rings is 1. The van der Waals surface area contributed by atoms with E-state index in [0.717, 1.165) is 5.56 Å². The van der Waals surface area contributed by atoms with Gasteiger partial charge in [0.25, 0.3) is 0 Å². The molecule has 1 aliphatic rings. The lowest BCUT2D eigenvalue weighted by Crippen LogP contribution is -2.58. The van der Waals surface area contributed by atoms with Crippen LogP contribution in [0.5, 0.6) is 0 Å². The van der Waals surface area contributed by atoms with E-state index in [1.54, 1.807) is 38.1 Å². The molecule has 0 bridgehead atoms. The van der Waals surface area contributed by atoms with Crippen LogP contribution >= 0.6 is 12.6 Å². The number of aliphatic carboxylic acids is 1. The van der Waals surface area contributed by atoms with Crippen LogP contribution in [0.4, 0.5) is 0 Å². The minimum atomic E-state index is -1.16. The van der Waals surface area contributed by atoms with Gasteiger partial charge in [-0.15, -0.1) is 0 Å². The van der Waals surface area contributed by atoms with E-state index in [1.165, 1.54) is 4.90 Å². The maximum absolute atomic E-state index is 12.9. The predicted molar refractivity (Wildman–Crippen MR) is 123 cm³/mol. The Hall–Kier alpha value is -2.59. The molecule has 0 aliphatic carbocycles. The number of nitrogens with one attached hydrogen (secondary N) is 2. The first-order valence-electron chi connectivity index (χ1n) is 10.7. The molecule has 4 unspecified atom stereocenters. The molecule has 2 rings (SSSR count). The molecule has 1 aromatic rings. The fourth-order valence-electron chi connectivity index (χ4n) is 3.69. The number of thiol groups is 1. The summed E-state index contributed by atoms with van der Waals surface area (Å²) in [6.07, 6.45) is 1.24. The third-order valence-electron chi connectivity index (χ3n) is 5.50. The number of carboxylic acids is 1. The van der Waals surface area contributed by atoms with E-state index >= 15 is 0 Å². The zero-order valence-electron chi connectivity index (χ0n) is 18.4. The first-order chi connectivity index (χ1) is 15.1. The fraction of sp³-hybridized carbons (Fsp3) is 0.545. The van der Waals surface area contributed by atoms with E-state index < -0.39 is 42.0 Å². The van der Waals surface area contributed by atoms with Crippen molar-refractivity contribution in [3.05, 3.63) is 35.9 Å². The number of likely N-dealkylation sites (tertiary alicyclic amines) is 1. The fourth-order valence-corrected chi connectivity index (χ4v) is 3.85. The number of carbonyl (C=O) groups is 4. The van der Waals surface area contributed by atoms with Gasteiger partial charge in [-0.1, -0.05) is 44.2 Å². The zero-order chi connectivity index (χ0) is 23.8. The Kier molecular flexibility index (Phi) is 9.52. The van der Waals surface area contributed by atoms with Gasteiger partial charge in [-0.3, -0.25) is 14.4 Å². The monoisotopic (exact) mass is 464 g/mol. The summed E-state index contributed by atoms with van der Waals surface area (Å²) in [4.78, 5) is 51.5. The molecule has 1 fully saturated rings. The van der Waals surface area contributed by atoms with Crippen molar-refractivity contribution >= 4 is 36.3 Å². The Morgan fingerprint density at radius 2 is 1.84 bits per heavy atom. The van der Waals surface area contributed by atoms with Crippen LogP contribution in [0, 0.1) is 5.92 Å². The lowest BCUT2D eigenvalue weighted by atomic mass is 10.0. The molecule has 176 valence electrons. The Balaban J connectivity index is 2.08. The van der Waals surface area contributed by atoms with Crippen LogP contribution in [-0.4, -0.2) is 70.2 Å². The first kappa shape index (κ1) is 25.7. The molecule has 0 radical (unpaired) electrons. The van der Waals surface area contributed by atoms with Crippen LogP contribution in [-0.2, 0) is 25.6 Å². The van der Waals surface area contributed by atoms with Crippen molar-refractivity contribution < 1.29 is 24.3 Å². The number of carboxylic acid groups (broad SMARTS) is 1. The summed E-state index contributed by atoms with van der Waals surface area (Å²) < 4.78 is 0. The molecular weight excluding hydrogens is 432 g/mol. The average Bonchev–Trinajstić information content (AvgIpc) is 3.26. The van der Waals surface area contributed by atoms with Gasteiger partial charge in [-0.2, -0.15) is 12.6 Å². The zero-order valence-corrected chi connectivity index (χ0v) is 19.3. The molecule has 1 heterocycles. The minimum Gasteiger partial charge on any atom is -0.480 e. The highest BCUT2D eigenvalue weighted by Gasteiger charge is 2.38. The van der Waals surface area contributed by atoms with Gasteiger partial charge < -0.3 is 26.4 Å². The van der Waals surface area contributed by atoms with Gasteiger partial charge in [0.05, 0.1) is 6.04 Å². The molecule has 32 heavy (non-hydrogen) atoms. The molecule has 5 N–H and O–H groups in total. The smallest absolute Gasteiger partial charge is 0.326 e. The average molecular weight is 465 g/mol. The Bertz CT molecular complexity index is 820. The van der Waals surface area contributed by atoms with Crippen molar-refractivity contribution in [1.82, 2.24) is 15.5 Å². The van der Waals surface area contributed by atoms with Crippen LogP contribution in [0.15, 0.2) is 30.3 Å². The van der Waals surface area contributed by atoms with Crippen LogP contribution in [0.1, 0.15) is 32.3 Å². The second-order valence-corrected chi connectivity index (χ2v) is 8.66. The largest absolute Gasteiger partial charge is 0.480 e. The van der Waals surface area contributed by atoms with Gasteiger partial charge in [0.2, 0.25) is 17.7 Å². The summed E-state index contributed by atoms with van der Waals surface area (Å²) in [5, 5.41) is 14.8. The third-order valence-corrected chi connectivity index (χ3v) is 5.89. The van der Waals surface area contributed by atoms with Crippen molar-refractivity contribution in [2.75, 3.05) is 12.3 Å². The van der Waals surface area contributed by atoms with E-state index in [4.69, 9.17) is 5.73 Å². The number of amides is 3. The van der Waals surface area contributed by atoms with Crippen molar-refractivity contribution in [3.63, 3.8) is 0 Å². The molecule has 1 saturated heterocycles. The van der Waals surface area contributed by atoms with Crippen molar-refractivity contribution in [2.24, 2.45) is 11.7 Å². The Morgan fingerprint density at radius 1 is 1.19 bits per heavy atom. The molecule has 1 aromatic carbocycles.